The second-order valence-corrected chi connectivity index (χ2v) is 7.86. The predicted octanol–water partition coefficient (Wildman–Crippen LogP) is 1.94. The number of nitrogens with two attached hydrogens (primary N) is 1. The molecule has 1 saturated heterocycles. The fourth-order valence-corrected chi connectivity index (χ4v) is 4.21. The van der Waals surface area contributed by atoms with Gasteiger partial charge in [-0.1, -0.05) is 0 Å². The summed E-state index contributed by atoms with van der Waals surface area (Å²) in [6.45, 7) is 5.04. The quantitative estimate of drug-likeness (QED) is 0.666. The molecule has 3 aromatic rings. The maximum absolute atomic E-state index is 12.6. The normalized spacial score (nSPS) is 16.0. The van der Waals surface area contributed by atoms with Crippen LogP contribution in [0.25, 0.3) is 10.2 Å². The molecule has 3 N–H and O–H groups in total. The Kier molecular flexibility index (Phi) is 5.41. The predicted molar refractivity (Wildman–Crippen MR) is 114 cm³/mol. The van der Waals surface area contributed by atoms with Crippen molar-refractivity contribution in [3.63, 3.8) is 0 Å². The van der Waals surface area contributed by atoms with E-state index >= 15 is 0 Å². The highest BCUT2D eigenvalue weighted by Crippen LogP contribution is 2.27. The Bertz CT molecular complexity index is 1030. The molecule has 4 rings (SSSR count). The second kappa shape index (κ2) is 8.14. The van der Waals surface area contributed by atoms with Crippen molar-refractivity contribution in [1.29, 1.82) is 0 Å². The minimum Gasteiger partial charge on any atom is -0.366 e. The van der Waals surface area contributed by atoms with E-state index in [-0.39, 0.29) is 11.9 Å². The van der Waals surface area contributed by atoms with Gasteiger partial charge >= 0.3 is 0 Å². The molecule has 3 heterocycles. The van der Waals surface area contributed by atoms with Crippen molar-refractivity contribution < 1.29 is 9.59 Å². The third-order valence-electron chi connectivity index (χ3n) is 5.22. The summed E-state index contributed by atoms with van der Waals surface area (Å²) >= 11 is 1.61. The van der Waals surface area contributed by atoms with Crippen LogP contribution in [0.2, 0.25) is 0 Å². The lowest BCUT2D eigenvalue weighted by Gasteiger charge is -2.38. The summed E-state index contributed by atoms with van der Waals surface area (Å²) in [4.78, 5) is 38.0. The number of primary amides is 1. The molecule has 0 saturated carbocycles. The van der Waals surface area contributed by atoms with Crippen LogP contribution in [0.4, 0.5) is 11.5 Å². The number of fused-ring (bicyclic) bond motifs is 1. The van der Waals surface area contributed by atoms with Gasteiger partial charge in [-0.15, -0.1) is 11.3 Å². The number of piperazine rings is 1. The maximum atomic E-state index is 12.6. The molecule has 0 spiro atoms. The lowest BCUT2D eigenvalue weighted by Crippen LogP contribution is -2.53. The molecule has 1 aromatic carbocycles. The molecule has 2 amide bonds. The van der Waals surface area contributed by atoms with Crippen LogP contribution in [0.15, 0.2) is 42.0 Å². The molecule has 0 radical (unpaired) electrons. The fourth-order valence-electron chi connectivity index (χ4n) is 3.48. The largest absolute Gasteiger partial charge is 0.366 e. The van der Waals surface area contributed by atoms with Crippen molar-refractivity contribution in [1.82, 2.24) is 14.9 Å². The highest BCUT2D eigenvalue weighted by molar-refractivity contribution is 7.16. The van der Waals surface area contributed by atoms with Gasteiger partial charge in [-0.2, -0.15) is 0 Å². The lowest BCUT2D eigenvalue weighted by molar-refractivity contribution is -0.120. The molecule has 1 aliphatic rings. The number of thiophene rings is 1. The van der Waals surface area contributed by atoms with Crippen molar-refractivity contribution in [3.05, 3.63) is 47.6 Å². The number of rotatable bonds is 5. The average Bonchev–Trinajstić information content (AvgIpc) is 3.22. The summed E-state index contributed by atoms with van der Waals surface area (Å²) < 4.78 is 0. The summed E-state index contributed by atoms with van der Waals surface area (Å²) in [5, 5.41) is 6.01. The third-order valence-corrected chi connectivity index (χ3v) is 6.04. The standard InChI is InChI=1S/C20H22N6O2S/c1-13(19(28)24-15-4-2-14(3-5-15)17(21)27)25-7-9-26(10-8-25)18-16-6-11-29-20(16)23-12-22-18/h2-6,11-13H,7-10H2,1H3,(H2,21,27)(H,24,28). The van der Waals surface area contributed by atoms with E-state index in [0.29, 0.717) is 11.3 Å². The summed E-state index contributed by atoms with van der Waals surface area (Å²) in [6, 6.07) is 8.37. The summed E-state index contributed by atoms with van der Waals surface area (Å²) in [6.07, 6.45) is 1.61. The van der Waals surface area contributed by atoms with Crippen molar-refractivity contribution in [2.24, 2.45) is 5.73 Å². The molecule has 1 atom stereocenters. The van der Waals surface area contributed by atoms with Gasteiger partial charge in [-0.25, -0.2) is 9.97 Å². The molecule has 150 valence electrons. The number of hydrogen-bond acceptors (Lipinski definition) is 7. The highest BCUT2D eigenvalue weighted by Gasteiger charge is 2.27. The second-order valence-electron chi connectivity index (χ2n) is 6.97. The number of carbonyl (C=O) groups is 2. The van der Waals surface area contributed by atoms with Crippen LogP contribution in [-0.2, 0) is 4.79 Å². The van der Waals surface area contributed by atoms with Crippen LogP contribution < -0.4 is 16.0 Å². The first kappa shape index (κ1) is 19.3. The molecule has 8 nitrogen and oxygen atoms in total. The molecule has 1 aliphatic heterocycles. The van der Waals surface area contributed by atoms with E-state index < -0.39 is 5.91 Å². The number of aromatic nitrogens is 2. The molecule has 9 heteroatoms. The Morgan fingerprint density at radius 1 is 1.10 bits per heavy atom. The lowest BCUT2D eigenvalue weighted by atomic mass is 10.1. The van der Waals surface area contributed by atoms with Crippen LogP contribution in [0.3, 0.4) is 0 Å². The topological polar surface area (TPSA) is 104 Å². The Morgan fingerprint density at radius 2 is 1.83 bits per heavy atom. The van der Waals surface area contributed by atoms with Crippen molar-refractivity contribution in [3.8, 4) is 0 Å². The van der Waals surface area contributed by atoms with Gasteiger partial charge < -0.3 is 16.0 Å². The van der Waals surface area contributed by atoms with E-state index in [2.05, 4.69) is 31.2 Å². The molecular formula is C20H22N6O2S. The molecule has 1 unspecified atom stereocenters. The fraction of sp³-hybridized carbons (Fsp3) is 0.300. The highest BCUT2D eigenvalue weighted by atomic mass is 32.1. The first-order valence-electron chi connectivity index (χ1n) is 9.41. The van der Waals surface area contributed by atoms with Crippen LogP contribution in [-0.4, -0.2) is 58.9 Å². The van der Waals surface area contributed by atoms with E-state index in [0.717, 1.165) is 42.2 Å². The van der Waals surface area contributed by atoms with Gasteiger partial charge in [0.1, 0.15) is 17.0 Å². The minimum atomic E-state index is -0.488. The Hall–Kier alpha value is -3.04. The van der Waals surface area contributed by atoms with Gasteiger partial charge in [-0.3, -0.25) is 14.5 Å². The van der Waals surface area contributed by atoms with Crippen LogP contribution in [0, 0.1) is 0 Å². The minimum absolute atomic E-state index is 0.0764. The number of hydrogen-bond donors (Lipinski definition) is 2. The maximum Gasteiger partial charge on any atom is 0.248 e. The van der Waals surface area contributed by atoms with E-state index in [1.54, 1.807) is 41.9 Å². The van der Waals surface area contributed by atoms with E-state index in [1.807, 2.05) is 12.3 Å². The zero-order valence-corrected chi connectivity index (χ0v) is 16.9. The molecule has 2 aromatic heterocycles. The van der Waals surface area contributed by atoms with E-state index in [9.17, 15) is 9.59 Å². The van der Waals surface area contributed by atoms with Gasteiger partial charge in [0, 0.05) is 37.4 Å². The molecule has 0 bridgehead atoms. The number of amides is 2. The number of carbonyl (C=O) groups excluding carboxylic acids is 2. The number of anilines is 2. The number of benzene rings is 1. The van der Waals surface area contributed by atoms with Gasteiger partial charge in [0.25, 0.3) is 0 Å². The van der Waals surface area contributed by atoms with Gasteiger partial charge in [-0.05, 0) is 42.6 Å². The summed E-state index contributed by atoms with van der Waals surface area (Å²) in [5.41, 5.74) is 6.30. The average molecular weight is 411 g/mol. The Balaban J connectivity index is 1.36. The van der Waals surface area contributed by atoms with Gasteiger partial charge in [0.2, 0.25) is 11.8 Å². The number of nitrogens with zero attached hydrogens (tertiary/aromatic N) is 4. The van der Waals surface area contributed by atoms with E-state index in [1.165, 1.54) is 0 Å². The Morgan fingerprint density at radius 3 is 2.52 bits per heavy atom. The molecule has 1 fully saturated rings. The smallest absolute Gasteiger partial charge is 0.248 e. The van der Waals surface area contributed by atoms with Gasteiger partial charge in [0.15, 0.2) is 0 Å². The Labute approximate surface area is 172 Å². The van der Waals surface area contributed by atoms with Crippen LogP contribution in [0.1, 0.15) is 17.3 Å². The summed E-state index contributed by atoms with van der Waals surface area (Å²) in [5.74, 6) is 0.396. The molecule has 0 aliphatic carbocycles. The monoisotopic (exact) mass is 410 g/mol. The molecule has 29 heavy (non-hydrogen) atoms. The van der Waals surface area contributed by atoms with Gasteiger partial charge in [0.05, 0.1) is 11.4 Å². The van der Waals surface area contributed by atoms with Crippen molar-refractivity contribution in [2.45, 2.75) is 13.0 Å². The molecular weight excluding hydrogens is 388 g/mol. The van der Waals surface area contributed by atoms with Crippen LogP contribution >= 0.6 is 11.3 Å². The SMILES string of the molecule is CC(C(=O)Nc1ccc(C(N)=O)cc1)N1CCN(c2ncnc3sccc23)CC1. The third kappa shape index (κ3) is 4.06. The number of nitrogens with one attached hydrogen (secondary N) is 1. The van der Waals surface area contributed by atoms with Crippen molar-refractivity contribution >= 4 is 44.9 Å². The first-order chi connectivity index (χ1) is 14.0. The first-order valence-corrected chi connectivity index (χ1v) is 10.3. The van der Waals surface area contributed by atoms with Crippen LogP contribution in [0.5, 0.6) is 0 Å². The van der Waals surface area contributed by atoms with Crippen molar-refractivity contribution in [2.75, 3.05) is 36.4 Å². The zero-order valence-electron chi connectivity index (χ0n) is 16.0. The summed E-state index contributed by atoms with van der Waals surface area (Å²) in [7, 11) is 0. The van der Waals surface area contributed by atoms with E-state index in [4.69, 9.17) is 5.73 Å². The zero-order chi connectivity index (χ0) is 20.4.